The monoisotopic (exact) mass is 472 g/mol. The van der Waals surface area contributed by atoms with Gasteiger partial charge in [-0.15, -0.1) is 0 Å². The van der Waals surface area contributed by atoms with E-state index in [0.29, 0.717) is 6.42 Å². The zero-order valence-electron chi connectivity index (χ0n) is 20.4. The van der Waals surface area contributed by atoms with Gasteiger partial charge in [0, 0.05) is 0 Å². The molecule has 1 atom stereocenters. The Hall–Kier alpha value is 1.51. The molecule has 1 unspecified atom stereocenters. The molecule has 6 heteroatoms. The van der Waals surface area contributed by atoms with E-state index < -0.39 is 15.1 Å². The fraction of sp³-hybridized carbons (Fsp3) is 1.00. The van der Waals surface area contributed by atoms with Gasteiger partial charge in [0.2, 0.25) is 0 Å². The summed E-state index contributed by atoms with van der Waals surface area (Å²) in [7, 11) is -4.62. The van der Waals surface area contributed by atoms with Gasteiger partial charge in [0.15, 0.2) is 4.93 Å². The molecule has 0 aliphatic heterocycles. The normalized spacial score (nSPS) is 13.7. The van der Waals surface area contributed by atoms with Crippen molar-refractivity contribution < 1.29 is 69.5 Å². The van der Waals surface area contributed by atoms with Crippen LogP contribution >= 0.6 is 0 Å². The summed E-state index contributed by atoms with van der Waals surface area (Å²) in [4.78, 5) is -2.11. The zero-order valence-corrected chi connectivity index (χ0v) is 24.4. The molecule has 4 nitrogen and oxygen atoms in total. The fourth-order valence-electron chi connectivity index (χ4n) is 3.83. The van der Waals surface area contributed by atoms with Crippen LogP contribution in [0.25, 0.3) is 0 Å². The van der Waals surface area contributed by atoms with Gasteiger partial charge in [0.1, 0.15) is 10.1 Å². The third kappa shape index (κ3) is 21.4. The van der Waals surface area contributed by atoms with E-state index in [1.165, 1.54) is 103 Å². The molecule has 30 heavy (non-hydrogen) atoms. The van der Waals surface area contributed by atoms with Crippen LogP contribution in [0.5, 0.6) is 0 Å². The van der Waals surface area contributed by atoms with Gasteiger partial charge in [-0.3, -0.25) is 0 Å². The minimum Gasteiger partial charge on any atom is -0.746 e. The van der Waals surface area contributed by atoms with E-state index in [1.54, 1.807) is 0 Å². The third-order valence-corrected chi connectivity index (χ3v) is 7.31. The van der Waals surface area contributed by atoms with Crippen LogP contribution in [0.15, 0.2) is 0 Å². The predicted molar refractivity (Wildman–Crippen MR) is 123 cm³/mol. The molecule has 176 valence electrons. The topological polar surface area (TPSA) is 77.4 Å². The van der Waals surface area contributed by atoms with Crippen LogP contribution < -0.4 is 51.4 Å². The molecule has 0 rings (SSSR count). The molecule has 0 amide bonds. The standard InChI is InChI=1S/C24H50O4S.K/c1-3-4-5-6-7-8-9-10-11-12-13-14-15-16-17-18-19-20-21-22-23-24(2,25)29(26,27)28;/h25H,3-23H2,1-2H3,(H,26,27,28);/q;+1/p-1. The molecule has 0 saturated carbocycles. The van der Waals surface area contributed by atoms with E-state index in [-0.39, 0.29) is 57.8 Å². The van der Waals surface area contributed by atoms with Gasteiger partial charge in [-0.2, -0.15) is 0 Å². The van der Waals surface area contributed by atoms with Crippen molar-refractivity contribution in [2.24, 2.45) is 0 Å². The first-order valence-corrected chi connectivity index (χ1v) is 13.9. The molecule has 0 aliphatic carbocycles. The number of rotatable bonds is 22. The van der Waals surface area contributed by atoms with E-state index >= 15 is 0 Å². The van der Waals surface area contributed by atoms with Crippen molar-refractivity contribution in [3.05, 3.63) is 0 Å². The Kier molecular flexibility index (Phi) is 25.0. The molecule has 0 bridgehead atoms. The Morgan fingerprint density at radius 1 is 0.600 bits per heavy atom. The molecular weight excluding hydrogens is 423 g/mol. The van der Waals surface area contributed by atoms with E-state index in [0.717, 1.165) is 26.2 Å². The Labute approximate surface area is 230 Å². The minimum atomic E-state index is -4.62. The zero-order chi connectivity index (χ0) is 21.8. The van der Waals surface area contributed by atoms with Gasteiger partial charge >= 0.3 is 51.4 Å². The Morgan fingerprint density at radius 2 is 0.833 bits per heavy atom. The maximum absolute atomic E-state index is 10.9. The van der Waals surface area contributed by atoms with Crippen LogP contribution in [0, 0.1) is 0 Å². The second kappa shape index (κ2) is 22.3. The predicted octanol–water partition coefficient (Wildman–Crippen LogP) is 4.46. The summed E-state index contributed by atoms with van der Waals surface area (Å²) in [6, 6.07) is 0. The first-order chi connectivity index (χ1) is 13.8. The van der Waals surface area contributed by atoms with Gasteiger partial charge < -0.3 is 9.66 Å². The van der Waals surface area contributed by atoms with Crippen LogP contribution in [0.4, 0.5) is 0 Å². The summed E-state index contributed by atoms with van der Waals surface area (Å²) < 4.78 is 32.6. The molecule has 0 spiro atoms. The summed E-state index contributed by atoms with van der Waals surface area (Å²) in [6.45, 7) is 3.37. The van der Waals surface area contributed by atoms with Gasteiger partial charge in [-0.25, -0.2) is 8.42 Å². The van der Waals surface area contributed by atoms with Crippen molar-refractivity contribution >= 4 is 10.1 Å². The fourth-order valence-corrected chi connectivity index (χ4v) is 4.23. The van der Waals surface area contributed by atoms with Gasteiger partial charge in [-0.1, -0.05) is 129 Å². The first kappa shape index (κ1) is 33.7. The molecule has 0 aromatic heterocycles. The Morgan fingerprint density at radius 3 is 1.07 bits per heavy atom. The van der Waals surface area contributed by atoms with Crippen molar-refractivity contribution in [1.29, 1.82) is 0 Å². The SMILES string of the molecule is CCCCCCCCCCCCCCCCCCCCCCC(C)(O)S(=O)(=O)[O-].[K+]. The van der Waals surface area contributed by atoms with Crippen LogP contribution in [-0.2, 0) is 10.1 Å². The average molecular weight is 473 g/mol. The molecule has 0 aliphatic rings. The summed E-state index contributed by atoms with van der Waals surface area (Å²) in [6.07, 6.45) is 25.8. The third-order valence-electron chi connectivity index (χ3n) is 6.03. The number of aliphatic hydroxyl groups is 1. The number of hydrogen-bond donors (Lipinski definition) is 1. The van der Waals surface area contributed by atoms with Gasteiger partial charge in [0.25, 0.3) is 0 Å². The average Bonchev–Trinajstić information content (AvgIpc) is 2.65. The van der Waals surface area contributed by atoms with Crippen molar-refractivity contribution in [3.8, 4) is 0 Å². The number of unbranched alkanes of at least 4 members (excludes halogenated alkanes) is 19. The Bertz CT molecular complexity index is 452. The van der Waals surface area contributed by atoms with Gasteiger partial charge in [0.05, 0.1) is 0 Å². The van der Waals surface area contributed by atoms with Crippen LogP contribution in [-0.4, -0.2) is 23.0 Å². The maximum Gasteiger partial charge on any atom is 1.00 e. The van der Waals surface area contributed by atoms with E-state index in [1.807, 2.05) is 0 Å². The quantitative estimate of drug-likeness (QED) is 0.143. The number of hydrogen-bond acceptors (Lipinski definition) is 4. The van der Waals surface area contributed by atoms with Crippen molar-refractivity contribution in [1.82, 2.24) is 0 Å². The molecule has 1 N–H and O–H groups in total. The van der Waals surface area contributed by atoms with Crippen LogP contribution in [0.2, 0.25) is 0 Å². The summed E-state index contributed by atoms with van der Waals surface area (Å²) >= 11 is 0. The molecule has 0 heterocycles. The minimum absolute atomic E-state index is 0. The largest absolute Gasteiger partial charge is 1.00 e. The van der Waals surface area contributed by atoms with E-state index in [4.69, 9.17) is 0 Å². The maximum atomic E-state index is 10.9. The first-order valence-electron chi connectivity index (χ1n) is 12.5. The van der Waals surface area contributed by atoms with Gasteiger partial charge in [-0.05, 0) is 19.8 Å². The molecule has 0 fully saturated rings. The Balaban J connectivity index is 0. The van der Waals surface area contributed by atoms with Crippen molar-refractivity contribution in [2.75, 3.05) is 0 Å². The van der Waals surface area contributed by atoms with Crippen LogP contribution in [0.1, 0.15) is 149 Å². The van der Waals surface area contributed by atoms with E-state index in [9.17, 15) is 18.1 Å². The van der Waals surface area contributed by atoms with E-state index in [2.05, 4.69) is 6.92 Å². The summed E-state index contributed by atoms with van der Waals surface area (Å²) in [5.41, 5.74) is 0. The second-order valence-corrected chi connectivity index (χ2v) is 10.9. The molecule has 0 aromatic rings. The van der Waals surface area contributed by atoms with Crippen molar-refractivity contribution in [2.45, 2.75) is 154 Å². The smallest absolute Gasteiger partial charge is 0.746 e. The summed E-state index contributed by atoms with van der Waals surface area (Å²) in [5.74, 6) is 0. The second-order valence-electron chi connectivity index (χ2n) is 9.10. The molecule has 0 radical (unpaired) electrons. The molecule has 0 aromatic carbocycles. The molecular formula is C24H49KO4S. The van der Waals surface area contributed by atoms with Crippen molar-refractivity contribution in [3.63, 3.8) is 0 Å². The molecule has 0 saturated heterocycles. The van der Waals surface area contributed by atoms with Crippen LogP contribution in [0.3, 0.4) is 0 Å². The summed E-state index contributed by atoms with van der Waals surface area (Å²) in [5, 5.41) is 9.60.